The monoisotopic (exact) mass is 388 g/mol. The molecule has 134 valence electrons. The number of nitrogens with zero attached hydrogens (tertiary/aromatic N) is 2. The number of thiocarbonyl (C=S) groups is 1. The van der Waals surface area contributed by atoms with E-state index in [1.807, 2.05) is 32.2 Å². The van der Waals surface area contributed by atoms with E-state index in [1.165, 1.54) is 12.1 Å². The van der Waals surface area contributed by atoms with Crippen molar-refractivity contribution in [1.82, 2.24) is 9.78 Å². The molecular weight excluding hydrogens is 371 g/mol. The standard InChI is InChI=1S/C19H18ClFN4S/c1-12-3-4-13(2)18(7-12)24-19(26)23-16-9-22-25(11-16)10-14-5-6-15(21)8-17(14)20/h3-9,11H,10H2,1-2H3,(H2,23,24,26). The van der Waals surface area contributed by atoms with E-state index in [2.05, 4.69) is 21.8 Å². The van der Waals surface area contributed by atoms with Crippen LogP contribution in [0.4, 0.5) is 15.8 Å². The summed E-state index contributed by atoms with van der Waals surface area (Å²) in [6.45, 7) is 4.50. The van der Waals surface area contributed by atoms with Gasteiger partial charge in [0, 0.05) is 16.9 Å². The van der Waals surface area contributed by atoms with Crippen molar-refractivity contribution >= 4 is 40.3 Å². The maximum atomic E-state index is 13.1. The normalized spacial score (nSPS) is 10.6. The molecular formula is C19H18ClFN4S. The van der Waals surface area contributed by atoms with Crippen LogP contribution < -0.4 is 10.6 Å². The lowest BCUT2D eigenvalue weighted by Gasteiger charge is -2.12. The Morgan fingerprint density at radius 3 is 2.77 bits per heavy atom. The summed E-state index contributed by atoms with van der Waals surface area (Å²) in [4.78, 5) is 0. The van der Waals surface area contributed by atoms with Crippen molar-refractivity contribution in [2.45, 2.75) is 20.4 Å². The minimum Gasteiger partial charge on any atom is -0.332 e. The third kappa shape index (κ3) is 4.59. The van der Waals surface area contributed by atoms with Crippen LogP contribution >= 0.6 is 23.8 Å². The molecule has 0 saturated carbocycles. The Bertz CT molecular complexity index is 954. The first-order valence-corrected chi connectivity index (χ1v) is 8.81. The summed E-state index contributed by atoms with van der Waals surface area (Å²) in [7, 11) is 0. The van der Waals surface area contributed by atoms with Crippen LogP contribution in [0.1, 0.15) is 16.7 Å². The van der Waals surface area contributed by atoms with Crippen molar-refractivity contribution in [2.75, 3.05) is 10.6 Å². The zero-order valence-electron chi connectivity index (χ0n) is 14.4. The minimum atomic E-state index is -0.357. The fraction of sp³-hybridized carbons (Fsp3) is 0.158. The van der Waals surface area contributed by atoms with Gasteiger partial charge in [-0.25, -0.2) is 4.39 Å². The topological polar surface area (TPSA) is 41.9 Å². The van der Waals surface area contributed by atoms with Gasteiger partial charge in [0.25, 0.3) is 0 Å². The number of halogens is 2. The van der Waals surface area contributed by atoms with Crippen LogP contribution in [-0.2, 0) is 6.54 Å². The first kappa shape index (κ1) is 18.4. The predicted octanol–water partition coefficient (Wildman–Crippen LogP) is 5.15. The first-order chi connectivity index (χ1) is 12.4. The Balaban J connectivity index is 1.64. The average Bonchev–Trinajstić information content (AvgIpc) is 3.00. The number of benzene rings is 2. The highest BCUT2D eigenvalue weighted by Crippen LogP contribution is 2.19. The Hall–Kier alpha value is -2.44. The van der Waals surface area contributed by atoms with E-state index in [-0.39, 0.29) is 5.82 Å². The van der Waals surface area contributed by atoms with E-state index in [0.29, 0.717) is 16.7 Å². The van der Waals surface area contributed by atoms with Crippen LogP contribution in [-0.4, -0.2) is 14.9 Å². The van der Waals surface area contributed by atoms with Gasteiger partial charge >= 0.3 is 0 Å². The van der Waals surface area contributed by atoms with Crippen molar-refractivity contribution in [3.8, 4) is 0 Å². The fourth-order valence-electron chi connectivity index (χ4n) is 2.49. The van der Waals surface area contributed by atoms with Crippen molar-refractivity contribution in [1.29, 1.82) is 0 Å². The van der Waals surface area contributed by atoms with Gasteiger partial charge in [-0.2, -0.15) is 5.10 Å². The van der Waals surface area contributed by atoms with Crippen LogP contribution in [0.2, 0.25) is 5.02 Å². The number of rotatable bonds is 4. The lowest BCUT2D eigenvalue weighted by Crippen LogP contribution is -2.19. The number of hydrogen-bond donors (Lipinski definition) is 2. The van der Waals surface area contributed by atoms with E-state index in [0.717, 1.165) is 28.1 Å². The van der Waals surface area contributed by atoms with Crippen LogP contribution in [0.3, 0.4) is 0 Å². The molecule has 0 unspecified atom stereocenters. The molecule has 4 nitrogen and oxygen atoms in total. The predicted molar refractivity (Wildman–Crippen MR) is 108 cm³/mol. The summed E-state index contributed by atoms with van der Waals surface area (Å²) in [5, 5.41) is 11.4. The van der Waals surface area contributed by atoms with E-state index in [1.54, 1.807) is 16.9 Å². The molecule has 0 radical (unpaired) electrons. The molecule has 0 saturated heterocycles. The Morgan fingerprint density at radius 1 is 1.19 bits per heavy atom. The smallest absolute Gasteiger partial charge is 0.175 e. The van der Waals surface area contributed by atoms with Gasteiger partial charge in [-0.1, -0.05) is 29.8 Å². The van der Waals surface area contributed by atoms with E-state index in [9.17, 15) is 4.39 Å². The van der Waals surface area contributed by atoms with Crippen molar-refractivity contribution in [3.63, 3.8) is 0 Å². The van der Waals surface area contributed by atoms with Crippen LogP contribution in [0.5, 0.6) is 0 Å². The zero-order chi connectivity index (χ0) is 18.7. The van der Waals surface area contributed by atoms with Gasteiger partial charge in [0.15, 0.2) is 5.11 Å². The molecule has 0 atom stereocenters. The van der Waals surface area contributed by atoms with Gasteiger partial charge < -0.3 is 10.6 Å². The number of aryl methyl sites for hydroxylation is 2. The Labute approximate surface area is 162 Å². The molecule has 1 heterocycles. The minimum absolute atomic E-state index is 0.357. The molecule has 0 aliphatic rings. The van der Waals surface area contributed by atoms with Gasteiger partial charge in [0.2, 0.25) is 0 Å². The molecule has 3 aromatic rings. The van der Waals surface area contributed by atoms with Crippen LogP contribution in [0, 0.1) is 19.7 Å². The molecule has 0 fully saturated rings. The highest BCUT2D eigenvalue weighted by atomic mass is 35.5. The largest absolute Gasteiger partial charge is 0.332 e. The number of aromatic nitrogens is 2. The molecule has 0 bridgehead atoms. The average molecular weight is 389 g/mol. The molecule has 2 aromatic carbocycles. The van der Waals surface area contributed by atoms with Gasteiger partial charge in [-0.05, 0) is 61.0 Å². The summed E-state index contributed by atoms with van der Waals surface area (Å²) in [5.41, 5.74) is 4.78. The van der Waals surface area contributed by atoms with Crippen LogP contribution in [0.15, 0.2) is 48.8 Å². The molecule has 26 heavy (non-hydrogen) atoms. The highest BCUT2D eigenvalue weighted by Gasteiger charge is 2.07. The Kier molecular flexibility index (Phi) is 5.54. The van der Waals surface area contributed by atoms with Crippen molar-refractivity contribution < 1.29 is 4.39 Å². The summed E-state index contributed by atoms with van der Waals surface area (Å²) in [5.74, 6) is -0.357. The van der Waals surface area contributed by atoms with Gasteiger partial charge in [0.05, 0.1) is 18.4 Å². The SMILES string of the molecule is Cc1ccc(C)c(NC(=S)Nc2cnn(Cc3ccc(F)cc3Cl)c2)c1. The molecule has 0 spiro atoms. The summed E-state index contributed by atoms with van der Waals surface area (Å²) < 4.78 is 14.8. The highest BCUT2D eigenvalue weighted by molar-refractivity contribution is 7.80. The molecule has 0 amide bonds. The van der Waals surface area contributed by atoms with E-state index in [4.69, 9.17) is 23.8 Å². The molecule has 7 heteroatoms. The van der Waals surface area contributed by atoms with Crippen molar-refractivity contribution in [3.05, 3.63) is 76.3 Å². The van der Waals surface area contributed by atoms with Gasteiger partial charge in [-0.15, -0.1) is 0 Å². The number of hydrogen-bond acceptors (Lipinski definition) is 2. The first-order valence-electron chi connectivity index (χ1n) is 8.02. The third-order valence-corrected chi connectivity index (χ3v) is 4.44. The third-order valence-electron chi connectivity index (χ3n) is 3.88. The number of anilines is 2. The van der Waals surface area contributed by atoms with E-state index < -0.39 is 0 Å². The maximum Gasteiger partial charge on any atom is 0.175 e. The van der Waals surface area contributed by atoms with Gasteiger partial charge in [0.1, 0.15) is 5.82 Å². The second-order valence-electron chi connectivity index (χ2n) is 6.06. The second kappa shape index (κ2) is 7.85. The van der Waals surface area contributed by atoms with Crippen molar-refractivity contribution in [2.24, 2.45) is 0 Å². The van der Waals surface area contributed by atoms with E-state index >= 15 is 0 Å². The second-order valence-corrected chi connectivity index (χ2v) is 6.88. The molecule has 2 N–H and O–H groups in total. The lowest BCUT2D eigenvalue weighted by atomic mass is 10.1. The summed E-state index contributed by atoms with van der Waals surface area (Å²) >= 11 is 11.4. The molecule has 0 aliphatic carbocycles. The lowest BCUT2D eigenvalue weighted by molar-refractivity contribution is 0.624. The maximum absolute atomic E-state index is 13.1. The quantitative estimate of drug-likeness (QED) is 0.606. The zero-order valence-corrected chi connectivity index (χ0v) is 16.0. The summed E-state index contributed by atoms with van der Waals surface area (Å²) in [6, 6.07) is 10.5. The Morgan fingerprint density at radius 2 is 2.00 bits per heavy atom. The molecule has 1 aromatic heterocycles. The molecule has 0 aliphatic heterocycles. The number of nitrogens with one attached hydrogen (secondary N) is 2. The summed E-state index contributed by atoms with van der Waals surface area (Å²) in [6.07, 6.45) is 3.49. The van der Waals surface area contributed by atoms with Crippen LogP contribution in [0.25, 0.3) is 0 Å². The molecule has 3 rings (SSSR count). The van der Waals surface area contributed by atoms with Gasteiger partial charge in [-0.3, -0.25) is 4.68 Å². The fourth-order valence-corrected chi connectivity index (χ4v) is 2.95.